The van der Waals surface area contributed by atoms with Crippen LogP contribution in [0.5, 0.6) is 0 Å². The molecule has 0 saturated carbocycles. The van der Waals surface area contributed by atoms with Crippen LogP contribution in [0, 0.1) is 0 Å². The van der Waals surface area contributed by atoms with Crippen LogP contribution >= 0.6 is 11.6 Å². The number of fused-ring (bicyclic) bond motifs is 1. The lowest BCUT2D eigenvalue weighted by Gasteiger charge is -2.10. The fourth-order valence-corrected chi connectivity index (χ4v) is 3.61. The fourth-order valence-electron chi connectivity index (χ4n) is 3.39. The number of carbonyl (C=O) groups is 1. The van der Waals surface area contributed by atoms with Gasteiger partial charge in [0, 0.05) is 26.1 Å². The molecule has 0 radical (unpaired) electrons. The molecule has 29 heavy (non-hydrogen) atoms. The van der Waals surface area contributed by atoms with E-state index >= 15 is 0 Å². The number of para-hydroxylation sites is 2. The predicted octanol–water partition coefficient (Wildman–Crippen LogP) is 4.87. The standard InChI is InChI=1S/C23H28ClN3O2/c1-2-29-17-16-27-21-13-8-7-12-20(21)26-22(27)14-4-3-9-15-25-23(28)18-10-5-6-11-19(18)24/h5-8,10-13H,2-4,9,14-17H2,1H3,(H,25,28). The van der Waals surface area contributed by atoms with Crippen molar-refractivity contribution in [2.45, 2.75) is 39.2 Å². The minimum absolute atomic E-state index is 0.117. The van der Waals surface area contributed by atoms with Crippen LogP contribution in [-0.2, 0) is 17.7 Å². The Hall–Kier alpha value is -2.37. The second kappa shape index (κ2) is 11.0. The molecule has 0 unspecified atom stereocenters. The molecule has 1 aromatic heterocycles. The highest BCUT2D eigenvalue weighted by Gasteiger charge is 2.11. The average Bonchev–Trinajstić information content (AvgIpc) is 3.08. The number of benzene rings is 2. The number of ether oxygens (including phenoxy) is 1. The van der Waals surface area contributed by atoms with Crippen molar-refractivity contribution in [2.75, 3.05) is 19.8 Å². The lowest BCUT2D eigenvalue weighted by molar-refractivity contribution is 0.0953. The van der Waals surface area contributed by atoms with E-state index in [4.69, 9.17) is 21.3 Å². The summed E-state index contributed by atoms with van der Waals surface area (Å²) in [6.07, 6.45) is 3.89. The molecule has 3 aromatic rings. The molecule has 0 aliphatic carbocycles. The number of hydrogen-bond donors (Lipinski definition) is 1. The third kappa shape index (κ3) is 5.81. The number of aromatic nitrogens is 2. The summed E-state index contributed by atoms with van der Waals surface area (Å²) >= 11 is 6.06. The summed E-state index contributed by atoms with van der Waals surface area (Å²) in [6.45, 7) is 4.89. The minimum atomic E-state index is -0.117. The van der Waals surface area contributed by atoms with Crippen LogP contribution in [0.1, 0.15) is 42.4 Å². The van der Waals surface area contributed by atoms with E-state index in [0.29, 0.717) is 23.7 Å². The zero-order chi connectivity index (χ0) is 20.5. The zero-order valence-corrected chi connectivity index (χ0v) is 17.6. The smallest absolute Gasteiger partial charge is 0.252 e. The molecule has 0 bridgehead atoms. The molecule has 6 heteroatoms. The van der Waals surface area contributed by atoms with Gasteiger partial charge < -0.3 is 14.6 Å². The van der Waals surface area contributed by atoms with Crippen molar-refractivity contribution in [1.82, 2.24) is 14.9 Å². The number of amides is 1. The summed E-state index contributed by atoms with van der Waals surface area (Å²) in [5.41, 5.74) is 2.72. The van der Waals surface area contributed by atoms with Gasteiger partial charge in [-0.3, -0.25) is 4.79 Å². The van der Waals surface area contributed by atoms with Crippen molar-refractivity contribution in [1.29, 1.82) is 0 Å². The number of halogens is 1. The van der Waals surface area contributed by atoms with Gasteiger partial charge in [0.2, 0.25) is 0 Å². The van der Waals surface area contributed by atoms with Crippen molar-refractivity contribution >= 4 is 28.5 Å². The monoisotopic (exact) mass is 413 g/mol. The first-order chi connectivity index (χ1) is 14.2. The molecule has 0 atom stereocenters. The van der Waals surface area contributed by atoms with Crippen LogP contribution in [0.2, 0.25) is 5.02 Å². The highest BCUT2D eigenvalue weighted by Crippen LogP contribution is 2.18. The van der Waals surface area contributed by atoms with E-state index < -0.39 is 0 Å². The Morgan fingerprint density at radius 1 is 1.10 bits per heavy atom. The van der Waals surface area contributed by atoms with E-state index in [0.717, 1.165) is 55.7 Å². The molecule has 1 heterocycles. The Bertz CT molecular complexity index is 939. The van der Waals surface area contributed by atoms with Crippen LogP contribution in [0.25, 0.3) is 11.0 Å². The first-order valence-corrected chi connectivity index (χ1v) is 10.6. The molecule has 0 saturated heterocycles. The Balaban J connectivity index is 1.46. The van der Waals surface area contributed by atoms with E-state index in [2.05, 4.69) is 22.0 Å². The Morgan fingerprint density at radius 2 is 1.90 bits per heavy atom. The summed E-state index contributed by atoms with van der Waals surface area (Å²) in [5, 5.41) is 3.43. The first kappa shape index (κ1) is 21.3. The molecule has 1 amide bonds. The highest BCUT2D eigenvalue weighted by molar-refractivity contribution is 6.33. The number of rotatable bonds is 11. The van der Waals surface area contributed by atoms with Crippen molar-refractivity contribution in [2.24, 2.45) is 0 Å². The Kier molecular flexibility index (Phi) is 8.08. The fraction of sp³-hybridized carbons (Fsp3) is 0.391. The third-order valence-electron chi connectivity index (χ3n) is 4.88. The average molecular weight is 414 g/mol. The number of imidazole rings is 1. The van der Waals surface area contributed by atoms with E-state index in [1.165, 1.54) is 0 Å². The van der Waals surface area contributed by atoms with Gasteiger partial charge in [-0.25, -0.2) is 4.98 Å². The molecule has 2 aromatic carbocycles. The molecule has 0 aliphatic heterocycles. The zero-order valence-electron chi connectivity index (χ0n) is 16.9. The van der Waals surface area contributed by atoms with Crippen LogP contribution in [-0.4, -0.2) is 35.2 Å². The quantitative estimate of drug-likeness (QED) is 0.456. The molecule has 0 fully saturated rings. The van der Waals surface area contributed by atoms with Gasteiger partial charge in [0.05, 0.1) is 28.2 Å². The number of carbonyl (C=O) groups excluding carboxylic acids is 1. The molecule has 3 rings (SSSR count). The SMILES string of the molecule is CCOCCn1c(CCCCCNC(=O)c2ccccc2Cl)nc2ccccc21. The summed E-state index contributed by atoms with van der Waals surface area (Å²) in [4.78, 5) is 17.0. The number of nitrogens with zero attached hydrogens (tertiary/aromatic N) is 2. The van der Waals surface area contributed by atoms with Gasteiger partial charge >= 0.3 is 0 Å². The Morgan fingerprint density at radius 3 is 2.72 bits per heavy atom. The lowest BCUT2D eigenvalue weighted by atomic mass is 10.1. The van der Waals surface area contributed by atoms with Crippen LogP contribution < -0.4 is 5.32 Å². The van der Waals surface area contributed by atoms with Crippen molar-refractivity contribution < 1.29 is 9.53 Å². The predicted molar refractivity (Wildman–Crippen MR) is 118 cm³/mol. The summed E-state index contributed by atoms with van der Waals surface area (Å²) in [7, 11) is 0. The second-order valence-corrected chi connectivity index (χ2v) is 7.32. The summed E-state index contributed by atoms with van der Waals surface area (Å²) in [5.74, 6) is 0.985. The normalized spacial score (nSPS) is 11.1. The second-order valence-electron chi connectivity index (χ2n) is 6.91. The van der Waals surface area contributed by atoms with Gasteiger partial charge in [-0.1, -0.05) is 42.3 Å². The van der Waals surface area contributed by atoms with Crippen LogP contribution in [0.3, 0.4) is 0 Å². The van der Waals surface area contributed by atoms with E-state index in [9.17, 15) is 4.79 Å². The number of hydrogen-bond acceptors (Lipinski definition) is 3. The van der Waals surface area contributed by atoms with Crippen LogP contribution in [0.15, 0.2) is 48.5 Å². The molecule has 5 nitrogen and oxygen atoms in total. The van der Waals surface area contributed by atoms with Gasteiger partial charge in [-0.05, 0) is 44.0 Å². The molecule has 0 aliphatic rings. The maximum atomic E-state index is 12.2. The molecule has 1 N–H and O–H groups in total. The topological polar surface area (TPSA) is 56.1 Å². The van der Waals surface area contributed by atoms with Crippen molar-refractivity contribution in [3.8, 4) is 0 Å². The maximum absolute atomic E-state index is 12.2. The number of nitrogens with one attached hydrogen (secondary N) is 1. The Labute approximate surface area is 177 Å². The molecule has 0 spiro atoms. The molecule has 154 valence electrons. The van der Waals surface area contributed by atoms with E-state index in [-0.39, 0.29) is 5.91 Å². The first-order valence-electron chi connectivity index (χ1n) is 10.3. The van der Waals surface area contributed by atoms with Crippen LogP contribution in [0.4, 0.5) is 0 Å². The maximum Gasteiger partial charge on any atom is 0.252 e. The summed E-state index contributed by atoms with van der Waals surface area (Å²) < 4.78 is 7.81. The summed E-state index contributed by atoms with van der Waals surface area (Å²) in [6, 6.07) is 15.3. The highest BCUT2D eigenvalue weighted by atomic mass is 35.5. The molecular formula is C23H28ClN3O2. The van der Waals surface area contributed by atoms with E-state index in [1.807, 2.05) is 31.2 Å². The van der Waals surface area contributed by atoms with Gasteiger partial charge in [-0.2, -0.15) is 0 Å². The number of aryl methyl sites for hydroxylation is 1. The lowest BCUT2D eigenvalue weighted by Crippen LogP contribution is -2.24. The van der Waals surface area contributed by atoms with Crippen molar-refractivity contribution in [3.63, 3.8) is 0 Å². The van der Waals surface area contributed by atoms with Gasteiger partial charge in [-0.15, -0.1) is 0 Å². The van der Waals surface area contributed by atoms with E-state index in [1.54, 1.807) is 12.1 Å². The number of unbranched alkanes of at least 4 members (excludes halogenated alkanes) is 2. The van der Waals surface area contributed by atoms with Gasteiger partial charge in [0.25, 0.3) is 5.91 Å². The largest absolute Gasteiger partial charge is 0.380 e. The third-order valence-corrected chi connectivity index (χ3v) is 5.21. The minimum Gasteiger partial charge on any atom is -0.380 e. The van der Waals surface area contributed by atoms with Gasteiger partial charge in [0.15, 0.2) is 0 Å². The van der Waals surface area contributed by atoms with Gasteiger partial charge in [0.1, 0.15) is 5.82 Å². The molecular weight excluding hydrogens is 386 g/mol. The van der Waals surface area contributed by atoms with Crippen molar-refractivity contribution in [3.05, 3.63) is 64.9 Å².